The number of nitrogen functional groups attached to an aromatic ring is 1. The Hall–Kier alpha value is -1.65. The van der Waals surface area contributed by atoms with Crippen molar-refractivity contribution in [3.05, 3.63) is 18.1 Å². The minimum absolute atomic E-state index is 0.174. The number of carbonyl (C=O) groups is 1. The molecule has 0 radical (unpaired) electrons. The average molecular weight is 180 g/mol. The fourth-order valence-electron chi connectivity index (χ4n) is 0.838. The summed E-state index contributed by atoms with van der Waals surface area (Å²) in [5.74, 6) is -0.0269. The van der Waals surface area contributed by atoms with Crippen molar-refractivity contribution in [1.82, 2.24) is 14.9 Å². The van der Waals surface area contributed by atoms with E-state index in [4.69, 9.17) is 5.73 Å². The van der Waals surface area contributed by atoms with Gasteiger partial charge in [-0.2, -0.15) is 0 Å². The Morgan fingerprint density at radius 3 is 2.69 bits per heavy atom. The lowest BCUT2D eigenvalue weighted by molar-refractivity contribution is 0.0797. The molecule has 0 aromatic carbocycles. The molecule has 0 unspecified atom stereocenters. The number of hydrogen-bond acceptors (Lipinski definition) is 4. The molecular formula is C8H12N4O. The summed E-state index contributed by atoms with van der Waals surface area (Å²) in [6, 6.07) is 0. The lowest BCUT2D eigenvalue weighted by Gasteiger charge is -2.13. The monoisotopic (exact) mass is 180 g/mol. The number of amides is 1. The number of nitrogens with two attached hydrogens (primary N) is 1. The Balaban J connectivity index is 2.95. The predicted molar refractivity (Wildman–Crippen MR) is 49.1 cm³/mol. The molecule has 2 N–H and O–H groups in total. The largest absolute Gasteiger partial charge is 0.382 e. The second kappa shape index (κ2) is 3.84. The summed E-state index contributed by atoms with van der Waals surface area (Å²) in [6.07, 6.45) is 2.91. The second-order valence-corrected chi connectivity index (χ2v) is 2.61. The number of nitrogens with zero attached hydrogens (tertiary/aromatic N) is 3. The summed E-state index contributed by atoms with van der Waals surface area (Å²) in [7, 11) is 1.69. The Morgan fingerprint density at radius 1 is 1.54 bits per heavy atom. The van der Waals surface area contributed by atoms with Crippen molar-refractivity contribution in [2.45, 2.75) is 6.92 Å². The zero-order valence-corrected chi connectivity index (χ0v) is 7.69. The summed E-state index contributed by atoms with van der Waals surface area (Å²) in [5.41, 5.74) is 5.71. The minimum Gasteiger partial charge on any atom is -0.382 e. The molecule has 1 rings (SSSR count). The molecule has 0 atom stereocenters. The highest BCUT2D eigenvalue weighted by Gasteiger charge is 2.14. The molecule has 0 saturated heterocycles. The van der Waals surface area contributed by atoms with Gasteiger partial charge in [-0.1, -0.05) is 0 Å². The highest BCUT2D eigenvalue weighted by molar-refractivity contribution is 5.95. The van der Waals surface area contributed by atoms with E-state index in [0.29, 0.717) is 6.54 Å². The van der Waals surface area contributed by atoms with Crippen LogP contribution in [-0.2, 0) is 0 Å². The van der Waals surface area contributed by atoms with Gasteiger partial charge in [0.05, 0.1) is 0 Å². The first-order chi connectivity index (χ1) is 6.16. The van der Waals surface area contributed by atoms with Gasteiger partial charge >= 0.3 is 0 Å². The molecule has 0 aliphatic rings. The molecule has 0 fully saturated rings. The molecule has 1 aromatic heterocycles. The summed E-state index contributed by atoms with van der Waals surface area (Å²) in [4.78, 5) is 20.7. The van der Waals surface area contributed by atoms with Gasteiger partial charge in [0, 0.05) is 26.0 Å². The molecule has 0 saturated carbocycles. The van der Waals surface area contributed by atoms with E-state index in [9.17, 15) is 4.79 Å². The molecule has 5 nitrogen and oxygen atoms in total. The summed E-state index contributed by atoms with van der Waals surface area (Å²) in [6.45, 7) is 2.50. The van der Waals surface area contributed by atoms with E-state index in [1.165, 1.54) is 17.3 Å². The van der Waals surface area contributed by atoms with Crippen molar-refractivity contribution < 1.29 is 4.79 Å². The molecule has 0 aliphatic heterocycles. The Bertz CT molecular complexity index is 313. The Morgan fingerprint density at radius 2 is 2.15 bits per heavy atom. The highest BCUT2D eigenvalue weighted by atomic mass is 16.2. The van der Waals surface area contributed by atoms with Crippen LogP contribution in [0.3, 0.4) is 0 Å². The van der Waals surface area contributed by atoms with E-state index in [0.717, 1.165) is 0 Å². The summed E-state index contributed by atoms with van der Waals surface area (Å²) >= 11 is 0. The van der Waals surface area contributed by atoms with Gasteiger partial charge < -0.3 is 10.6 Å². The van der Waals surface area contributed by atoms with Gasteiger partial charge in [-0.15, -0.1) is 0 Å². The van der Waals surface area contributed by atoms with Gasteiger partial charge in [-0.05, 0) is 6.92 Å². The molecule has 0 bridgehead atoms. The van der Waals surface area contributed by atoms with Crippen molar-refractivity contribution >= 4 is 11.7 Å². The third-order valence-electron chi connectivity index (χ3n) is 1.75. The third-order valence-corrected chi connectivity index (χ3v) is 1.75. The molecule has 1 amide bonds. The van der Waals surface area contributed by atoms with Crippen molar-refractivity contribution in [2.75, 3.05) is 19.3 Å². The van der Waals surface area contributed by atoms with Crippen LogP contribution in [0.5, 0.6) is 0 Å². The van der Waals surface area contributed by atoms with Crippen molar-refractivity contribution in [3.8, 4) is 0 Å². The SMILES string of the molecule is CCN(C)C(=O)c1nccnc1N. The van der Waals surface area contributed by atoms with Crippen LogP contribution in [0.2, 0.25) is 0 Å². The molecule has 70 valence electrons. The van der Waals surface area contributed by atoms with Gasteiger partial charge in [0.25, 0.3) is 5.91 Å². The van der Waals surface area contributed by atoms with Gasteiger partial charge in [0.2, 0.25) is 0 Å². The maximum atomic E-state index is 11.5. The lowest BCUT2D eigenvalue weighted by Crippen LogP contribution is -2.28. The molecule has 0 spiro atoms. The van der Waals surface area contributed by atoms with Gasteiger partial charge in [-0.25, -0.2) is 9.97 Å². The average Bonchev–Trinajstić information content (AvgIpc) is 2.16. The molecule has 0 aliphatic carbocycles. The topological polar surface area (TPSA) is 72.1 Å². The summed E-state index contributed by atoms with van der Waals surface area (Å²) < 4.78 is 0. The maximum Gasteiger partial charge on any atom is 0.276 e. The van der Waals surface area contributed by atoms with Crippen LogP contribution in [0, 0.1) is 0 Å². The molecule has 13 heavy (non-hydrogen) atoms. The van der Waals surface area contributed by atoms with E-state index in [-0.39, 0.29) is 17.4 Å². The van der Waals surface area contributed by atoms with Gasteiger partial charge in [-0.3, -0.25) is 4.79 Å². The third kappa shape index (κ3) is 1.93. The van der Waals surface area contributed by atoms with Crippen LogP contribution in [-0.4, -0.2) is 34.4 Å². The van der Waals surface area contributed by atoms with Crippen LogP contribution >= 0.6 is 0 Å². The number of aromatic nitrogens is 2. The number of hydrogen-bond donors (Lipinski definition) is 1. The first kappa shape index (κ1) is 9.44. The van der Waals surface area contributed by atoms with E-state index in [1.807, 2.05) is 6.92 Å². The van der Waals surface area contributed by atoms with Crippen LogP contribution < -0.4 is 5.73 Å². The first-order valence-electron chi connectivity index (χ1n) is 3.98. The second-order valence-electron chi connectivity index (χ2n) is 2.61. The van der Waals surface area contributed by atoms with Crippen LogP contribution in [0.1, 0.15) is 17.4 Å². The maximum absolute atomic E-state index is 11.5. The zero-order valence-electron chi connectivity index (χ0n) is 7.69. The Kier molecular flexibility index (Phi) is 2.79. The van der Waals surface area contributed by atoms with Crippen LogP contribution in [0.25, 0.3) is 0 Å². The van der Waals surface area contributed by atoms with Crippen molar-refractivity contribution in [2.24, 2.45) is 0 Å². The zero-order chi connectivity index (χ0) is 9.84. The van der Waals surface area contributed by atoms with Crippen molar-refractivity contribution in [3.63, 3.8) is 0 Å². The van der Waals surface area contributed by atoms with Gasteiger partial charge in [0.1, 0.15) is 0 Å². The Labute approximate surface area is 76.6 Å². The quantitative estimate of drug-likeness (QED) is 0.703. The summed E-state index contributed by atoms with van der Waals surface area (Å²) in [5, 5.41) is 0. The van der Waals surface area contributed by atoms with E-state index in [2.05, 4.69) is 9.97 Å². The number of anilines is 1. The molecule has 1 aromatic rings. The first-order valence-corrected chi connectivity index (χ1v) is 3.98. The highest BCUT2D eigenvalue weighted by Crippen LogP contribution is 2.05. The fourth-order valence-corrected chi connectivity index (χ4v) is 0.838. The van der Waals surface area contributed by atoms with E-state index < -0.39 is 0 Å². The lowest BCUT2D eigenvalue weighted by atomic mass is 10.3. The molecule has 1 heterocycles. The number of carbonyl (C=O) groups excluding carboxylic acids is 1. The fraction of sp³-hybridized carbons (Fsp3) is 0.375. The molecular weight excluding hydrogens is 168 g/mol. The standard InChI is InChI=1S/C8H12N4O/c1-3-12(2)8(13)6-7(9)11-5-4-10-6/h4-5H,3H2,1-2H3,(H2,9,11). The number of rotatable bonds is 2. The van der Waals surface area contributed by atoms with Gasteiger partial charge in [0.15, 0.2) is 11.5 Å². The minimum atomic E-state index is -0.201. The van der Waals surface area contributed by atoms with Crippen molar-refractivity contribution in [1.29, 1.82) is 0 Å². The smallest absolute Gasteiger partial charge is 0.276 e. The normalized spacial score (nSPS) is 9.69. The van der Waals surface area contributed by atoms with E-state index >= 15 is 0 Å². The van der Waals surface area contributed by atoms with Crippen LogP contribution in [0.15, 0.2) is 12.4 Å². The van der Waals surface area contributed by atoms with Crippen LogP contribution in [0.4, 0.5) is 5.82 Å². The predicted octanol–water partition coefficient (Wildman–Crippen LogP) is 0.151. The van der Waals surface area contributed by atoms with E-state index in [1.54, 1.807) is 7.05 Å². The molecule has 5 heteroatoms.